The lowest BCUT2D eigenvalue weighted by Crippen LogP contribution is -1.99. The highest BCUT2D eigenvalue weighted by Gasteiger charge is 2.13. The first kappa shape index (κ1) is 15.1. The third kappa shape index (κ3) is 2.78. The van der Waals surface area contributed by atoms with E-state index in [1.165, 1.54) is 6.07 Å². The molecule has 2 heterocycles. The van der Waals surface area contributed by atoms with E-state index in [4.69, 9.17) is 4.42 Å². The van der Waals surface area contributed by atoms with Crippen molar-refractivity contribution in [2.45, 2.75) is 6.42 Å². The van der Waals surface area contributed by atoms with Crippen LogP contribution in [0.1, 0.15) is 11.3 Å². The molecular formula is C19H15N3O3. The van der Waals surface area contributed by atoms with Crippen LogP contribution in [0, 0.1) is 10.1 Å². The topological polar surface area (TPSA) is 74.1 Å². The van der Waals surface area contributed by atoms with Crippen molar-refractivity contribution >= 4 is 16.7 Å². The summed E-state index contributed by atoms with van der Waals surface area (Å²) in [5.41, 5.74) is 4.60. The molecule has 124 valence electrons. The van der Waals surface area contributed by atoms with E-state index in [0.29, 0.717) is 0 Å². The number of aryl methyl sites for hydroxylation is 1. The summed E-state index contributed by atoms with van der Waals surface area (Å²) in [4.78, 5) is 10.7. The molecule has 0 atom stereocenters. The maximum atomic E-state index is 11.1. The van der Waals surface area contributed by atoms with Gasteiger partial charge in [0, 0.05) is 48.4 Å². The Morgan fingerprint density at radius 1 is 1.20 bits per heavy atom. The number of non-ortho nitro benzene ring substituents is 1. The summed E-state index contributed by atoms with van der Waals surface area (Å²) in [5.74, 6) is 0. The maximum Gasteiger partial charge on any atom is 0.270 e. The predicted octanol–water partition coefficient (Wildman–Crippen LogP) is 4.33. The Morgan fingerprint density at radius 3 is 2.84 bits per heavy atom. The predicted molar refractivity (Wildman–Crippen MR) is 94.3 cm³/mol. The molecule has 0 N–H and O–H groups in total. The second-order valence-electron chi connectivity index (χ2n) is 5.91. The van der Waals surface area contributed by atoms with Gasteiger partial charge in [0.1, 0.15) is 5.58 Å². The monoisotopic (exact) mass is 333 g/mol. The van der Waals surface area contributed by atoms with E-state index in [1.807, 2.05) is 36.0 Å². The Morgan fingerprint density at radius 2 is 2.08 bits per heavy atom. The molecule has 0 radical (unpaired) electrons. The highest BCUT2D eigenvalue weighted by Crippen LogP contribution is 2.33. The fraction of sp³-hybridized carbons (Fsp3) is 0.105. The van der Waals surface area contributed by atoms with Crippen LogP contribution >= 0.6 is 0 Å². The van der Waals surface area contributed by atoms with E-state index < -0.39 is 0 Å². The second-order valence-corrected chi connectivity index (χ2v) is 5.91. The van der Waals surface area contributed by atoms with Crippen molar-refractivity contribution in [3.05, 3.63) is 82.4 Å². The van der Waals surface area contributed by atoms with Gasteiger partial charge >= 0.3 is 0 Å². The summed E-state index contributed by atoms with van der Waals surface area (Å²) in [6, 6.07) is 14.6. The van der Waals surface area contributed by atoms with Crippen molar-refractivity contribution < 1.29 is 9.34 Å². The molecule has 0 unspecified atom stereocenters. The zero-order valence-electron chi connectivity index (χ0n) is 13.5. The lowest BCUT2D eigenvalue weighted by molar-refractivity contribution is -0.384. The molecule has 2 aromatic carbocycles. The summed E-state index contributed by atoms with van der Waals surface area (Å²) in [6.45, 7) is 0. The van der Waals surface area contributed by atoms with Crippen LogP contribution in [-0.4, -0.2) is 14.7 Å². The number of rotatable bonds is 4. The van der Waals surface area contributed by atoms with Gasteiger partial charge in [0.15, 0.2) is 0 Å². The van der Waals surface area contributed by atoms with Gasteiger partial charge in [-0.15, -0.1) is 0 Å². The number of nitro groups is 1. The first-order valence-electron chi connectivity index (χ1n) is 7.83. The Hall–Kier alpha value is -3.41. The summed E-state index contributed by atoms with van der Waals surface area (Å²) in [5, 5.41) is 16.3. The number of nitro benzene ring substituents is 1. The molecule has 6 heteroatoms. The standard InChI is InChI=1S/C19H15N3O3/c1-21-16(5-7-20-21)10-13-9-15-6-8-25-19(15)18(11-13)14-3-2-4-17(12-14)22(23)24/h2-9,11-12H,10H2,1H3. The van der Waals surface area contributed by atoms with Crippen LogP contribution in [0.2, 0.25) is 0 Å². The van der Waals surface area contributed by atoms with Gasteiger partial charge in [0.05, 0.1) is 11.2 Å². The van der Waals surface area contributed by atoms with Crippen molar-refractivity contribution in [3.8, 4) is 11.1 Å². The van der Waals surface area contributed by atoms with Crippen molar-refractivity contribution in [2.24, 2.45) is 7.05 Å². The fourth-order valence-electron chi connectivity index (χ4n) is 3.03. The summed E-state index contributed by atoms with van der Waals surface area (Å²) < 4.78 is 7.47. The summed E-state index contributed by atoms with van der Waals surface area (Å²) in [7, 11) is 1.91. The number of hydrogen-bond donors (Lipinski definition) is 0. The van der Waals surface area contributed by atoms with Gasteiger partial charge in [-0.25, -0.2) is 0 Å². The number of hydrogen-bond acceptors (Lipinski definition) is 4. The van der Waals surface area contributed by atoms with Crippen molar-refractivity contribution in [1.82, 2.24) is 9.78 Å². The second kappa shape index (κ2) is 5.90. The lowest BCUT2D eigenvalue weighted by atomic mass is 9.98. The maximum absolute atomic E-state index is 11.1. The summed E-state index contributed by atoms with van der Waals surface area (Å²) >= 11 is 0. The Balaban J connectivity index is 1.85. The van der Waals surface area contributed by atoms with Gasteiger partial charge in [-0.2, -0.15) is 5.10 Å². The van der Waals surface area contributed by atoms with Gasteiger partial charge < -0.3 is 4.42 Å². The van der Waals surface area contributed by atoms with Crippen LogP contribution in [0.15, 0.2) is 65.4 Å². The smallest absolute Gasteiger partial charge is 0.270 e. The summed E-state index contributed by atoms with van der Waals surface area (Å²) in [6.07, 6.45) is 4.13. The van der Waals surface area contributed by atoms with Gasteiger partial charge in [0.25, 0.3) is 5.69 Å². The van der Waals surface area contributed by atoms with Gasteiger partial charge in [0.2, 0.25) is 0 Å². The van der Waals surface area contributed by atoms with E-state index in [2.05, 4.69) is 11.2 Å². The highest BCUT2D eigenvalue weighted by atomic mass is 16.6. The van der Waals surface area contributed by atoms with Crippen LogP contribution in [0.4, 0.5) is 5.69 Å². The first-order valence-corrected chi connectivity index (χ1v) is 7.83. The average Bonchev–Trinajstić information content (AvgIpc) is 3.23. The van der Waals surface area contributed by atoms with Crippen LogP contribution in [-0.2, 0) is 13.5 Å². The number of benzene rings is 2. The first-order chi connectivity index (χ1) is 12.1. The quantitative estimate of drug-likeness (QED) is 0.411. The van der Waals surface area contributed by atoms with Crippen molar-refractivity contribution in [2.75, 3.05) is 0 Å². The van der Waals surface area contributed by atoms with Gasteiger partial charge in [-0.05, 0) is 35.4 Å². The van der Waals surface area contributed by atoms with Crippen LogP contribution in [0.3, 0.4) is 0 Å². The van der Waals surface area contributed by atoms with Crippen LogP contribution < -0.4 is 0 Å². The van der Waals surface area contributed by atoms with E-state index >= 15 is 0 Å². The molecule has 0 aliphatic carbocycles. The highest BCUT2D eigenvalue weighted by molar-refractivity contribution is 5.93. The molecule has 0 fully saturated rings. The molecule has 0 bridgehead atoms. The third-order valence-electron chi connectivity index (χ3n) is 4.29. The minimum absolute atomic E-state index is 0.0641. The molecule has 0 amide bonds. The van der Waals surface area contributed by atoms with E-state index in [0.717, 1.165) is 39.8 Å². The molecule has 0 aliphatic heterocycles. The largest absolute Gasteiger partial charge is 0.464 e. The molecule has 25 heavy (non-hydrogen) atoms. The Labute approximate surface area is 143 Å². The molecule has 0 aliphatic rings. The molecule has 0 spiro atoms. The van der Waals surface area contributed by atoms with Crippen LogP contribution in [0.25, 0.3) is 22.1 Å². The van der Waals surface area contributed by atoms with Crippen LogP contribution in [0.5, 0.6) is 0 Å². The zero-order valence-corrected chi connectivity index (χ0v) is 13.5. The number of aromatic nitrogens is 2. The zero-order chi connectivity index (χ0) is 17.4. The van der Waals surface area contributed by atoms with E-state index in [-0.39, 0.29) is 10.6 Å². The average molecular weight is 333 g/mol. The molecule has 2 aromatic heterocycles. The molecule has 4 rings (SSSR count). The normalized spacial score (nSPS) is 11.1. The number of nitrogens with zero attached hydrogens (tertiary/aromatic N) is 3. The lowest BCUT2D eigenvalue weighted by Gasteiger charge is -2.08. The molecule has 0 saturated carbocycles. The fourth-order valence-corrected chi connectivity index (χ4v) is 3.03. The minimum Gasteiger partial charge on any atom is -0.464 e. The SMILES string of the molecule is Cn1nccc1Cc1cc(-c2cccc([N+](=O)[O-])c2)c2occc2c1. The van der Waals surface area contributed by atoms with E-state index in [9.17, 15) is 10.1 Å². The van der Waals surface area contributed by atoms with Gasteiger partial charge in [-0.1, -0.05) is 12.1 Å². The van der Waals surface area contributed by atoms with Crippen molar-refractivity contribution in [1.29, 1.82) is 0 Å². The number of fused-ring (bicyclic) bond motifs is 1. The molecule has 6 nitrogen and oxygen atoms in total. The Kier molecular flexibility index (Phi) is 3.57. The molecular weight excluding hydrogens is 318 g/mol. The third-order valence-corrected chi connectivity index (χ3v) is 4.29. The molecule has 4 aromatic rings. The number of furan rings is 1. The molecule has 0 saturated heterocycles. The van der Waals surface area contributed by atoms with Gasteiger partial charge in [-0.3, -0.25) is 14.8 Å². The Bertz CT molecular complexity index is 1080. The minimum atomic E-state index is -0.387. The van der Waals surface area contributed by atoms with Crippen molar-refractivity contribution in [3.63, 3.8) is 0 Å². The van der Waals surface area contributed by atoms with E-state index in [1.54, 1.807) is 24.6 Å².